The average molecular weight is 160 g/mol. The van der Waals surface area contributed by atoms with Crippen LogP contribution in [0.2, 0.25) is 0 Å². The highest BCUT2D eigenvalue weighted by molar-refractivity contribution is 7.45. The normalized spacial score (nSPS) is 26.7. The van der Waals surface area contributed by atoms with Gasteiger partial charge in [-0.05, 0) is 0 Å². The summed E-state index contributed by atoms with van der Waals surface area (Å²) in [4.78, 5) is 10.7. The Kier molecular flexibility index (Phi) is 1.38. The van der Waals surface area contributed by atoms with Crippen molar-refractivity contribution in [2.45, 2.75) is 0 Å². The van der Waals surface area contributed by atoms with Crippen molar-refractivity contribution in [3.05, 3.63) is 11.5 Å². The minimum absolute atomic E-state index is 0.216. The molecule has 0 amide bonds. The quantitative estimate of drug-likeness (QED) is 0.457. The van der Waals surface area contributed by atoms with E-state index in [2.05, 4.69) is 0 Å². The van der Waals surface area contributed by atoms with E-state index in [9.17, 15) is 4.89 Å². The van der Waals surface area contributed by atoms with Gasteiger partial charge in [-0.2, -0.15) is 4.52 Å². The summed E-state index contributed by atoms with van der Waals surface area (Å²) in [5.74, 6) is 2.66. The number of allylic oxidation sites excluding steroid dienone is 1. The Balaban J connectivity index is 2.29. The van der Waals surface area contributed by atoms with E-state index in [1.54, 1.807) is 0 Å². The van der Waals surface area contributed by atoms with Crippen LogP contribution in [0.25, 0.3) is 0 Å². The molecular formula is C5H5O4P. The van der Waals surface area contributed by atoms with Gasteiger partial charge in [0.2, 0.25) is 20.6 Å². The molecule has 2 aliphatic heterocycles. The van der Waals surface area contributed by atoms with Crippen LogP contribution in [-0.4, -0.2) is 19.2 Å². The van der Waals surface area contributed by atoms with E-state index < -0.39 is 8.00 Å². The van der Waals surface area contributed by atoms with Crippen LogP contribution in [0.15, 0.2) is 11.5 Å². The standard InChI is InChI=1S/C5H5O4P/c6-10-2-5-4(1-9-10)7-3-8-5/h2H,1,3H2. The zero-order valence-corrected chi connectivity index (χ0v) is 5.97. The Bertz CT molecular complexity index is 220. The van der Waals surface area contributed by atoms with Crippen molar-refractivity contribution in [1.82, 2.24) is 0 Å². The monoisotopic (exact) mass is 160 g/mol. The third-order valence-electron chi connectivity index (χ3n) is 1.27. The van der Waals surface area contributed by atoms with Crippen molar-refractivity contribution < 1.29 is 18.9 Å². The first-order valence-electron chi connectivity index (χ1n) is 2.79. The van der Waals surface area contributed by atoms with Crippen LogP contribution < -0.4 is 4.89 Å². The van der Waals surface area contributed by atoms with Gasteiger partial charge >= 0.3 is 0 Å². The average Bonchev–Trinajstić information content (AvgIpc) is 2.33. The smallest absolute Gasteiger partial charge is 0.231 e. The molecule has 54 valence electrons. The SMILES string of the molecule is [O-][P+]1=CC2=C(CO1)OCO2. The van der Waals surface area contributed by atoms with Crippen LogP contribution in [0.5, 0.6) is 0 Å². The Morgan fingerprint density at radius 1 is 1.50 bits per heavy atom. The Morgan fingerprint density at radius 2 is 2.40 bits per heavy atom. The van der Waals surface area contributed by atoms with Gasteiger partial charge in [0.1, 0.15) is 0 Å². The molecule has 1 unspecified atom stereocenters. The molecule has 0 aromatic heterocycles. The van der Waals surface area contributed by atoms with Crippen LogP contribution in [0.3, 0.4) is 0 Å². The zero-order chi connectivity index (χ0) is 6.97. The number of ether oxygens (including phenoxy) is 2. The lowest BCUT2D eigenvalue weighted by Gasteiger charge is -2.03. The van der Waals surface area contributed by atoms with Crippen LogP contribution in [0.1, 0.15) is 0 Å². The zero-order valence-electron chi connectivity index (χ0n) is 5.07. The Morgan fingerprint density at radius 3 is 3.30 bits per heavy atom. The summed E-state index contributed by atoms with van der Waals surface area (Å²) in [6.45, 7) is 0.481. The molecule has 0 fully saturated rings. The molecule has 2 heterocycles. The highest BCUT2D eigenvalue weighted by Gasteiger charge is 2.24. The fourth-order valence-corrected chi connectivity index (χ4v) is 1.52. The summed E-state index contributed by atoms with van der Waals surface area (Å²) in [7, 11) is -1.66. The predicted octanol–water partition coefficient (Wildman–Crippen LogP) is -0.293. The first-order valence-corrected chi connectivity index (χ1v) is 4.04. The molecule has 0 saturated carbocycles. The molecule has 2 rings (SSSR count). The molecule has 0 radical (unpaired) electrons. The third-order valence-corrected chi connectivity index (χ3v) is 2.10. The molecular weight excluding hydrogens is 155 g/mol. The van der Waals surface area contributed by atoms with E-state index in [-0.39, 0.29) is 13.4 Å². The minimum atomic E-state index is -1.66. The summed E-state index contributed by atoms with van der Waals surface area (Å²) in [6, 6.07) is 0. The maximum atomic E-state index is 10.7. The number of hydrogen-bond acceptors (Lipinski definition) is 4. The molecule has 2 aliphatic rings. The molecule has 0 aliphatic carbocycles. The van der Waals surface area contributed by atoms with Crippen molar-refractivity contribution in [1.29, 1.82) is 0 Å². The van der Waals surface area contributed by atoms with Crippen LogP contribution in [0.4, 0.5) is 0 Å². The third kappa shape index (κ3) is 0.904. The maximum Gasteiger partial charge on any atom is 0.231 e. The lowest BCUT2D eigenvalue weighted by Crippen LogP contribution is -2.06. The lowest BCUT2D eigenvalue weighted by molar-refractivity contribution is -0.172. The fourth-order valence-electron chi connectivity index (χ4n) is 0.793. The fraction of sp³-hybridized carbons (Fsp3) is 0.400. The van der Waals surface area contributed by atoms with E-state index in [1.165, 1.54) is 5.80 Å². The van der Waals surface area contributed by atoms with E-state index >= 15 is 0 Å². The van der Waals surface area contributed by atoms with Gasteiger partial charge in [-0.3, -0.25) is 0 Å². The largest absolute Gasteiger partial charge is 0.603 e. The molecule has 0 spiro atoms. The summed E-state index contributed by atoms with van der Waals surface area (Å²) in [5.41, 5.74) is 0. The van der Waals surface area contributed by atoms with Crippen LogP contribution in [0, 0.1) is 0 Å². The Hall–Kier alpha value is -0.570. The lowest BCUT2D eigenvalue weighted by atomic mass is 10.4. The van der Waals surface area contributed by atoms with Crippen molar-refractivity contribution in [2.75, 3.05) is 13.4 Å². The first-order chi connectivity index (χ1) is 4.86. The number of hydrogen-bond donors (Lipinski definition) is 0. The van der Waals surface area contributed by atoms with Gasteiger partial charge in [-0.15, -0.1) is 0 Å². The van der Waals surface area contributed by atoms with Crippen LogP contribution >= 0.6 is 8.00 Å². The second-order valence-electron chi connectivity index (χ2n) is 1.88. The summed E-state index contributed by atoms with van der Waals surface area (Å²) >= 11 is 0. The van der Waals surface area contributed by atoms with Crippen molar-refractivity contribution in [2.24, 2.45) is 0 Å². The molecule has 0 bridgehead atoms. The van der Waals surface area contributed by atoms with Crippen molar-refractivity contribution in [3.63, 3.8) is 0 Å². The summed E-state index contributed by atoms with van der Waals surface area (Å²) < 4.78 is 14.7. The highest BCUT2D eigenvalue weighted by Crippen LogP contribution is 2.27. The van der Waals surface area contributed by atoms with E-state index in [4.69, 9.17) is 14.0 Å². The summed E-state index contributed by atoms with van der Waals surface area (Å²) in [5, 5.41) is 0. The van der Waals surface area contributed by atoms with Gasteiger partial charge in [0.25, 0.3) is 0 Å². The van der Waals surface area contributed by atoms with Crippen molar-refractivity contribution in [3.8, 4) is 0 Å². The van der Waals surface area contributed by atoms with E-state index in [0.29, 0.717) is 11.5 Å². The first kappa shape index (κ1) is 6.16. The molecule has 4 nitrogen and oxygen atoms in total. The van der Waals surface area contributed by atoms with Crippen molar-refractivity contribution >= 4 is 13.8 Å². The highest BCUT2D eigenvalue weighted by atomic mass is 31.1. The van der Waals surface area contributed by atoms with E-state index in [0.717, 1.165) is 0 Å². The van der Waals surface area contributed by atoms with Gasteiger partial charge in [-0.1, -0.05) is 0 Å². The topological polar surface area (TPSA) is 50.8 Å². The molecule has 0 aromatic carbocycles. The van der Waals surface area contributed by atoms with Gasteiger partial charge in [0.15, 0.2) is 18.2 Å². The molecule has 1 atom stereocenters. The second-order valence-corrected chi connectivity index (χ2v) is 2.97. The minimum Gasteiger partial charge on any atom is -0.603 e. The number of rotatable bonds is 0. The summed E-state index contributed by atoms with van der Waals surface area (Å²) in [6.07, 6.45) is 0. The molecule has 0 saturated heterocycles. The van der Waals surface area contributed by atoms with Gasteiger partial charge in [0.05, 0.1) is 0 Å². The predicted molar refractivity (Wildman–Crippen MR) is 33.0 cm³/mol. The van der Waals surface area contributed by atoms with Crippen LogP contribution in [-0.2, 0) is 14.0 Å². The molecule has 10 heavy (non-hydrogen) atoms. The van der Waals surface area contributed by atoms with E-state index in [1.807, 2.05) is 0 Å². The van der Waals surface area contributed by atoms with Gasteiger partial charge in [0, 0.05) is 0 Å². The van der Waals surface area contributed by atoms with Gasteiger partial charge in [-0.25, -0.2) is 0 Å². The molecule has 5 heteroatoms. The molecule has 0 aromatic rings. The second kappa shape index (κ2) is 2.23. The Labute approximate surface area is 58.6 Å². The molecule has 0 N–H and O–H groups in total. The van der Waals surface area contributed by atoms with Gasteiger partial charge < -0.3 is 14.4 Å². The maximum absolute atomic E-state index is 10.7.